The van der Waals surface area contributed by atoms with Gasteiger partial charge in [-0.3, -0.25) is 9.78 Å². The van der Waals surface area contributed by atoms with Crippen LogP contribution >= 0.6 is 0 Å². The number of ether oxygens (including phenoxy) is 1. The molecule has 2 unspecified atom stereocenters. The van der Waals surface area contributed by atoms with E-state index in [0.717, 1.165) is 58.6 Å². The predicted molar refractivity (Wildman–Crippen MR) is 260 cm³/mol. The molecule has 344 valence electrons. The van der Waals surface area contributed by atoms with Gasteiger partial charge in [-0.05, 0) is 126 Å². The molecular weight excluding hydrogens is 850 g/mol. The Morgan fingerprint density at radius 1 is 0.833 bits per heavy atom. The molecule has 0 bridgehead atoms. The van der Waals surface area contributed by atoms with Gasteiger partial charge in [0.05, 0.1) is 43.2 Å². The number of halogens is 1. The Kier molecular flexibility index (Phi) is 13.7. The number of aromatic nitrogens is 1. The summed E-state index contributed by atoms with van der Waals surface area (Å²) in [7, 11) is 0.164. The molecule has 0 radical (unpaired) electrons. The van der Waals surface area contributed by atoms with E-state index in [4.69, 9.17) is 4.74 Å². The molecule has 1 amide bonds. The Bertz CT molecular complexity index is 2790. The molecule has 5 heterocycles. The number of nitrogens with one attached hydrogen (secondary N) is 1. The number of anilines is 2. The van der Waals surface area contributed by atoms with Gasteiger partial charge < -0.3 is 25.0 Å². The number of amides is 1. The lowest BCUT2D eigenvalue weighted by molar-refractivity contribution is -0.131. The van der Waals surface area contributed by atoms with Crippen LogP contribution in [-0.4, -0.2) is 79.6 Å². The number of hydrogen-bond donors (Lipinski definition) is 2. The normalized spacial score (nSPS) is 21.8. The predicted octanol–water partition coefficient (Wildman–Crippen LogP) is 10.1. The average molecular weight is 910 g/mol. The van der Waals surface area contributed by atoms with Crippen LogP contribution in [0.3, 0.4) is 0 Å². The minimum atomic E-state index is -3.74. The number of hydrogen-bond acceptors (Lipinski definition) is 8. The van der Waals surface area contributed by atoms with Crippen LogP contribution in [0.4, 0.5) is 15.8 Å². The van der Waals surface area contributed by atoms with Gasteiger partial charge in [0.2, 0.25) is 15.9 Å². The number of pyridine rings is 1. The van der Waals surface area contributed by atoms with Crippen molar-refractivity contribution >= 4 is 27.3 Å². The number of aliphatic hydroxyl groups excluding tert-OH is 1. The maximum Gasteiger partial charge on any atom is 0.243 e. The van der Waals surface area contributed by atoms with E-state index in [1.165, 1.54) is 17.3 Å². The van der Waals surface area contributed by atoms with Crippen LogP contribution in [0.1, 0.15) is 68.0 Å². The molecule has 4 aliphatic heterocycles. The highest BCUT2D eigenvalue weighted by Crippen LogP contribution is 2.51. The molecule has 66 heavy (non-hydrogen) atoms. The van der Waals surface area contributed by atoms with Crippen molar-refractivity contribution in [1.29, 1.82) is 0 Å². The van der Waals surface area contributed by atoms with Crippen molar-refractivity contribution in [3.8, 4) is 28.0 Å². The number of fused-ring (bicyclic) bond motifs is 6. The number of likely N-dealkylation sites (tertiary alicyclic amines) is 1. The van der Waals surface area contributed by atoms with Crippen LogP contribution in [-0.2, 0) is 21.2 Å². The molecule has 4 aliphatic rings. The monoisotopic (exact) mass is 909 g/mol. The van der Waals surface area contributed by atoms with Gasteiger partial charge in [0.25, 0.3) is 0 Å². The SMILES string of the molecule is C.CC[C@H]1[C@H]2CCN(C(=O)Cc3ccncc3)C2c2cc(-c3cccc(OC)c3)ccc2N1C.Cc1ccc(S(=O)(=O)N2CC[C@H]3C2c2cc(-c4ccccc4F)ccc2N[C@H]3CO)cc1. The smallest absolute Gasteiger partial charge is 0.243 e. The van der Waals surface area contributed by atoms with Crippen molar-refractivity contribution in [2.24, 2.45) is 11.8 Å². The van der Waals surface area contributed by atoms with Crippen LogP contribution in [0.25, 0.3) is 22.3 Å². The van der Waals surface area contributed by atoms with Gasteiger partial charge in [-0.15, -0.1) is 0 Å². The summed E-state index contributed by atoms with van der Waals surface area (Å²) in [5, 5.41) is 13.4. The van der Waals surface area contributed by atoms with Crippen LogP contribution in [0.5, 0.6) is 5.75 Å². The standard InChI is InChI=1S/C28H31N3O2.C25H25FN2O3S.CH4/c1-4-25-23-12-15-31(27(32)16-19-10-13-29-14-11-19)28(23)24-18-21(8-9-26(24)30(25)2)20-6-5-7-22(17-20)33-3;1-16-6-9-18(10-7-16)32(30,31)28-13-12-20-24(15-29)27-23-11-8-17(14-21(23)25(20)28)19-4-2-3-5-22(19)26;/h5-11,13-14,17-18,23,25,28H,4,12,15-16H2,1-3H3;2-11,14,20,24-25,27,29H,12-13,15H2,1H3;1H4/t23-,25+,28?;20-,24+,25?;/m11./s1. The lowest BCUT2D eigenvalue weighted by Crippen LogP contribution is -2.46. The highest BCUT2D eigenvalue weighted by Gasteiger charge is 2.49. The van der Waals surface area contributed by atoms with E-state index in [2.05, 4.69) is 64.4 Å². The van der Waals surface area contributed by atoms with Crippen molar-refractivity contribution in [3.63, 3.8) is 0 Å². The van der Waals surface area contributed by atoms with E-state index < -0.39 is 16.1 Å². The average Bonchev–Trinajstić information content (AvgIpc) is 3.99. The van der Waals surface area contributed by atoms with E-state index in [1.54, 1.807) is 66.3 Å². The van der Waals surface area contributed by atoms with Gasteiger partial charge in [-0.25, -0.2) is 12.8 Å². The summed E-state index contributed by atoms with van der Waals surface area (Å²) in [6.45, 7) is 5.27. The molecule has 2 fully saturated rings. The number of rotatable bonds is 9. The van der Waals surface area contributed by atoms with Crippen LogP contribution < -0.4 is 15.0 Å². The van der Waals surface area contributed by atoms with Gasteiger partial charge in [0.15, 0.2) is 0 Å². The first kappa shape index (κ1) is 46.4. The molecule has 0 saturated carbocycles. The lowest BCUT2D eigenvalue weighted by atomic mass is 9.80. The van der Waals surface area contributed by atoms with E-state index in [-0.39, 0.29) is 48.7 Å². The summed E-state index contributed by atoms with van der Waals surface area (Å²) in [5.41, 5.74) is 9.54. The Labute approximate surface area is 389 Å². The lowest BCUT2D eigenvalue weighted by Gasteiger charge is -2.45. The van der Waals surface area contributed by atoms with Gasteiger partial charge >= 0.3 is 0 Å². The van der Waals surface area contributed by atoms with Gasteiger partial charge in [-0.1, -0.05) is 74.5 Å². The molecule has 0 spiro atoms. The van der Waals surface area contributed by atoms with E-state index in [0.29, 0.717) is 42.5 Å². The zero-order chi connectivity index (χ0) is 45.4. The van der Waals surface area contributed by atoms with Crippen molar-refractivity contribution in [1.82, 2.24) is 14.2 Å². The Morgan fingerprint density at radius 2 is 1.55 bits per heavy atom. The minimum absolute atomic E-state index is 0. The fourth-order valence-corrected chi connectivity index (χ4v) is 12.5. The number of benzene rings is 5. The third-order valence-corrected chi connectivity index (χ3v) is 15.9. The van der Waals surface area contributed by atoms with E-state index in [9.17, 15) is 22.7 Å². The maximum absolute atomic E-state index is 14.5. The number of aryl methyl sites for hydroxylation is 1. The van der Waals surface area contributed by atoms with Crippen molar-refractivity contribution in [2.75, 3.05) is 44.1 Å². The summed E-state index contributed by atoms with van der Waals surface area (Å²) >= 11 is 0. The van der Waals surface area contributed by atoms with Crippen LogP contribution in [0.15, 0.2) is 139 Å². The first-order valence-corrected chi connectivity index (χ1v) is 24.0. The molecular formula is C54H60FN5O5S. The summed E-state index contributed by atoms with van der Waals surface area (Å²) in [6.07, 6.45) is 6.68. The molecule has 0 aliphatic carbocycles. The van der Waals surface area contributed by atoms with Crippen LogP contribution in [0, 0.1) is 24.6 Å². The largest absolute Gasteiger partial charge is 0.497 e. The summed E-state index contributed by atoms with van der Waals surface area (Å²) < 4.78 is 48.6. The molecule has 2 saturated heterocycles. The van der Waals surface area contributed by atoms with Gasteiger partial charge in [-0.2, -0.15) is 4.31 Å². The fourth-order valence-electron chi connectivity index (χ4n) is 10.8. The van der Waals surface area contributed by atoms with Crippen molar-refractivity contribution in [3.05, 3.63) is 162 Å². The molecule has 10 nitrogen and oxygen atoms in total. The second-order valence-electron chi connectivity index (χ2n) is 17.7. The second-order valence-corrected chi connectivity index (χ2v) is 19.5. The number of aliphatic hydroxyl groups is 1. The molecule has 2 N–H and O–H groups in total. The summed E-state index contributed by atoms with van der Waals surface area (Å²) in [4.78, 5) is 22.4. The minimum Gasteiger partial charge on any atom is -0.497 e. The van der Waals surface area contributed by atoms with Gasteiger partial charge in [0.1, 0.15) is 11.6 Å². The number of nitrogens with zero attached hydrogens (tertiary/aromatic N) is 4. The van der Waals surface area contributed by atoms with Crippen molar-refractivity contribution in [2.45, 2.75) is 76.0 Å². The molecule has 10 rings (SSSR count). The summed E-state index contributed by atoms with van der Waals surface area (Å²) in [5.74, 6) is 1.08. The van der Waals surface area contributed by atoms with Crippen molar-refractivity contribution < 1.29 is 27.4 Å². The summed E-state index contributed by atoms with van der Waals surface area (Å²) in [6, 6.07) is 37.6. The zero-order valence-corrected chi connectivity index (χ0v) is 38.1. The van der Waals surface area contributed by atoms with Gasteiger partial charge in [0, 0.05) is 67.3 Å². The Balaban J connectivity index is 0.000000177. The topological polar surface area (TPSA) is 115 Å². The number of methoxy groups -OCH3 is 1. The maximum atomic E-state index is 14.5. The molecule has 1 aromatic heterocycles. The quantitative estimate of drug-likeness (QED) is 0.147. The zero-order valence-electron chi connectivity index (χ0n) is 37.3. The highest BCUT2D eigenvalue weighted by molar-refractivity contribution is 7.89. The molecule has 5 aromatic carbocycles. The molecule has 6 atom stereocenters. The molecule has 12 heteroatoms. The number of carbonyl (C=O) groups excluding carboxylic acids is 1. The first-order chi connectivity index (χ1) is 31.5. The van der Waals surface area contributed by atoms with E-state index >= 15 is 0 Å². The third kappa shape index (κ3) is 8.69. The molecule has 6 aromatic rings. The van der Waals surface area contributed by atoms with E-state index in [1.807, 2.05) is 49.4 Å². The fraction of sp³-hybridized carbons (Fsp3) is 0.333. The second kappa shape index (κ2) is 19.4. The third-order valence-electron chi connectivity index (χ3n) is 14.0. The number of carbonyl (C=O) groups is 1. The first-order valence-electron chi connectivity index (χ1n) is 22.5. The Hall–Kier alpha value is -6.08. The highest BCUT2D eigenvalue weighted by atomic mass is 32.2. The van der Waals surface area contributed by atoms with Crippen LogP contribution in [0.2, 0.25) is 0 Å². The number of sulfonamides is 1. The Morgan fingerprint density at radius 3 is 2.27 bits per heavy atom.